The highest BCUT2D eigenvalue weighted by Crippen LogP contribution is 2.35. The van der Waals surface area contributed by atoms with Gasteiger partial charge in [0.2, 0.25) is 18.1 Å². The number of carbonyl (C=O) groups excluding carboxylic acids is 3. The van der Waals surface area contributed by atoms with Crippen LogP contribution in [0.1, 0.15) is 27.7 Å². The molecule has 20 atom stereocenters. The molecule has 0 aliphatic carbocycles. The maximum absolute atomic E-state index is 12.5. The summed E-state index contributed by atoms with van der Waals surface area (Å²) in [4.78, 5) is 47.9. The largest absolute Gasteiger partial charge is 0.479 e. The van der Waals surface area contributed by atoms with Gasteiger partial charge in [-0.25, -0.2) is 4.79 Å². The van der Waals surface area contributed by atoms with Crippen LogP contribution >= 0.6 is 0 Å². The molecule has 4 fully saturated rings. The summed E-state index contributed by atoms with van der Waals surface area (Å²) in [6, 6.07) is -3.15. The van der Waals surface area contributed by atoms with Gasteiger partial charge in [-0.05, 0) is 13.8 Å². The van der Waals surface area contributed by atoms with Crippen molar-refractivity contribution < 1.29 is 113 Å². The van der Waals surface area contributed by atoms with Crippen LogP contribution in [0.3, 0.4) is 0 Å². The molecule has 8 unspecified atom stereocenters. The molecule has 12 N–H and O–H groups in total. The number of carboxylic acids is 1. The summed E-state index contributed by atoms with van der Waals surface area (Å²) < 4.78 is 50.3. The van der Waals surface area contributed by atoms with Crippen LogP contribution in [-0.2, 0) is 61.8 Å². The third-order valence-electron chi connectivity index (χ3n) is 9.23. The zero-order valence-electron chi connectivity index (χ0n) is 30.4. The number of aliphatic carboxylic acids is 1. The third-order valence-corrected chi connectivity index (χ3v) is 9.23. The first-order chi connectivity index (χ1) is 26.3. The number of rotatable bonds is 15. The number of amides is 2. The van der Waals surface area contributed by atoms with Crippen molar-refractivity contribution in [2.75, 3.05) is 13.2 Å². The topological polar surface area (TPSA) is 378 Å². The Morgan fingerprint density at radius 1 is 0.607 bits per heavy atom. The molecule has 0 radical (unpaired) electrons. The fraction of sp³-hybridized carbons (Fsp3) is 0.871. The number of hydrogen-bond donors (Lipinski definition) is 12. The Labute approximate surface area is 317 Å². The van der Waals surface area contributed by atoms with E-state index < -0.39 is 160 Å². The lowest BCUT2D eigenvalue weighted by Crippen LogP contribution is -2.71. The molecule has 25 heteroatoms. The maximum atomic E-state index is 12.5. The van der Waals surface area contributed by atoms with E-state index in [0.29, 0.717) is 0 Å². The summed E-state index contributed by atoms with van der Waals surface area (Å²) in [5.74, 6) is -3.31. The van der Waals surface area contributed by atoms with E-state index in [0.717, 1.165) is 13.8 Å². The molecule has 2 amide bonds. The molecule has 0 saturated carbocycles. The Kier molecular flexibility index (Phi) is 16.2. The highest BCUT2D eigenvalue weighted by molar-refractivity contribution is 5.74. The van der Waals surface area contributed by atoms with Crippen LogP contribution in [-0.4, -0.2) is 218 Å². The van der Waals surface area contributed by atoms with Gasteiger partial charge in [-0.1, -0.05) is 0 Å². The Morgan fingerprint density at radius 2 is 1.09 bits per heavy atom. The number of nitrogens with one attached hydrogen (secondary N) is 2. The number of carboxylic acid groups (broad SMARTS) is 1. The number of aliphatic hydroxyl groups is 9. The second-order valence-corrected chi connectivity index (χ2v) is 13.7. The lowest BCUT2D eigenvalue weighted by molar-refractivity contribution is -0.386. The van der Waals surface area contributed by atoms with Crippen LogP contribution in [0.15, 0.2) is 0 Å². The summed E-state index contributed by atoms with van der Waals surface area (Å²) in [7, 11) is 0. The number of carbonyl (C=O) groups is 4. The van der Waals surface area contributed by atoms with E-state index in [-0.39, 0.29) is 6.47 Å². The van der Waals surface area contributed by atoms with Gasteiger partial charge in [0.05, 0.1) is 19.3 Å². The Hall–Kier alpha value is -2.80. The molecule has 4 heterocycles. The summed E-state index contributed by atoms with van der Waals surface area (Å²) in [6.45, 7) is 3.41. The van der Waals surface area contributed by atoms with E-state index >= 15 is 0 Å². The van der Waals surface area contributed by atoms with Gasteiger partial charge in [-0.15, -0.1) is 0 Å². The van der Waals surface area contributed by atoms with Crippen molar-refractivity contribution in [3.8, 4) is 0 Å². The van der Waals surface area contributed by atoms with Crippen LogP contribution in [0.25, 0.3) is 0 Å². The van der Waals surface area contributed by atoms with E-state index in [2.05, 4.69) is 15.4 Å². The van der Waals surface area contributed by atoms with Gasteiger partial charge in [0.15, 0.2) is 31.3 Å². The van der Waals surface area contributed by atoms with Crippen molar-refractivity contribution >= 4 is 24.3 Å². The van der Waals surface area contributed by atoms with Crippen LogP contribution in [0.4, 0.5) is 0 Å². The van der Waals surface area contributed by atoms with E-state index in [1.54, 1.807) is 13.8 Å². The standard InChI is InChI=1S/C31H50N2O23/c1-8(2)49-27-13(32-9(3)37)23(16(40)11(5-34)50-27)53-31-25(19(43)18(42)24(54-31)26(46)47)55-28-14(33-10(4)38)22(15(39)12(6-35)51-28)52-30-21(45)17(41)20(44)29(56-30)48-7-36/h7-8,11-25,27-31,34-35,39-45H,5-6H2,1-4H3,(H,32,37)(H,33,38)(H,46,47)/t11?,12?,13?,14?,15-,16+,17+,18-,19+,20+,21?,22-,23-,24?,25?,27-,28+,29?,30-,31+/m1/s1. The van der Waals surface area contributed by atoms with Crippen molar-refractivity contribution in [3.63, 3.8) is 0 Å². The summed E-state index contributed by atoms with van der Waals surface area (Å²) in [6.07, 6.45) is -35.3. The first-order valence-corrected chi connectivity index (χ1v) is 17.4. The third kappa shape index (κ3) is 10.2. The summed E-state index contributed by atoms with van der Waals surface area (Å²) in [5.41, 5.74) is 0. The Balaban J connectivity index is 1.73. The van der Waals surface area contributed by atoms with Gasteiger partial charge in [-0.3, -0.25) is 14.4 Å². The van der Waals surface area contributed by atoms with Gasteiger partial charge in [0.25, 0.3) is 6.47 Å². The normalized spacial score (nSPS) is 44.5. The van der Waals surface area contributed by atoms with Crippen molar-refractivity contribution in [1.29, 1.82) is 0 Å². The molecule has 4 aliphatic heterocycles. The average Bonchev–Trinajstić information content (AvgIpc) is 3.12. The molecule has 322 valence electrons. The molecule has 25 nitrogen and oxygen atoms in total. The van der Waals surface area contributed by atoms with E-state index in [4.69, 9.17) is 37.9 Å². The molecular weight excluding hydrogens is 768 g/mol. The smallest absolute Gasteiger partial charge is 0.335 e. The molecule has 0 aromatic heterocycles. The fourth-order valence-electron chi connectivity index (χ4n) is 6.59. The molecule has 0 aromatic carbocycles. The highest BCUT2D eigenvalue weighted by atomic mass is 16.8. The quantitative estimate of drug-likeness (QED) is 0.0683. The molecule has 4 aliphatic rings. The predicted molar refractivity (Wildman–Crippen MR) is 172 cm³/mol. The van der Waals surface area contributed by atoms with Gasteiger partial charge in [0.1, 0.15) is 85.3 Å². The lowest BCUT2D eigenvalue weighted by Gasteiger charge is -2.50. The van der Waals surface area contributed by atoms with Gasteiger partial charge in [-0.2, -0.15) is 0 Å². The first-order valence-electron chi connectivity index (χ1n) is 17.4. The van der Waals surface area contributed by atoms with Crippen molar-refractivity contribution in [3.05, 3.63) is 0 Å². The zero-order valence-corrected chi connectivity index (χ0v) is 30.4. The molecule has 56 heavy (non-hydrogen) atoms. The SMILES string of the molecule is CC(=O)NC1[C@H](OC2[C@@H](O[C@@H]3C(NC(C)=O)[C@H](OC(C)C)OC(CO)[C@@H]3O)OC(C(=O)O)[C@H](O)[C@@H]2O)OC(CO)[C@@H](O)[C@@H]1O[C@@H]1OC(OC=O)[C@@H](O)[C@H](O)C1O. The average molecular weight is 819 g/mol. The second-order valence-electron chi connectivity index (χ2n) is 13.7. The number of hydrogen-bond acceptors (Lipinski definition) is 22. The second kappa shape index (κ2) is 19.8. The van der Waals surface area contributed by atoms with Crippen LogP contribution in [0, 0.1) is 0 Å². The van der Waals surface area contributed by atoms with Crippen molar-refractivity contribution in [1.82, 2.24) is 10.6 Å². The molecule has 0 spiro atoms. The molecule has 4 rings (SSSR count). The summed E-state index contributed by atoms with van der Waals surface area (Å²) in [5, 5.41) is 111. The minimum atomic E-state index is -2.26. The predicted octanol–water partition coefficient (Wildman–Crippen LogP) is -7.80. The van der Waals surface area contributed by atoms with E-state index in [9.17, 15) is 70.2 Å². The Morgan fingerprint density at radius 3 is 1.57 bits per heavy atom. The summed E-state index contributed by atoms with van der Waals surface area (Å²) >= 11 is 0. The zero-order chi connectivity index (χ0) is 41.8. The van der Waals surface area contributed by atoms with Gasteiger partial charge >= 0.3 is 5.97 Å². The van der Waals surface area contributed by atoms with Crippen LogP contribution in [0.2, 0.25) is 0 Å². The number of ether oxygens (including phenoxy) is 9. The van der Waals surface area contributed by atoms with E-state index in [1.165, 1.54) is 0 Å². The van der Waals surface area contributed by atoms with Gasteiger partial charge in [0, 0.05) is 13.8 Å². The van der Waals surface area contributed by atoms with Crippen molar-refractivity contribution in [2.24, 2.45) is 0 Å². The Bertz CT molecular complexity index is 1330. The van der Waals surface area contributed by atoms with Crippen LogP contribution in [0.5, 0.6) is 0 Å². The monoisotopic (exact) mass is 818 g/mol. The fourth-order valence-corrected chi connectivity index (χ4v) is 6.59. The lowest BCUT2D eigenvalue weighted by atomic mass is 9.94. The number of aliphatic hydroxyl groups excluding tert-OH is 9. The molecule has 0 bridgehead atoms. The molecular formula is C31H50N2O23. The van der Waals surface area contributed by atoms with Crippen LogP contribution < -0.4 is 10.6 Å². The van der Waals surface area contributed by atoms with Crippen molar-refractivity contribution in [2.45, 2.75) is 157 Å². The molecule has 0 aromatic rings. The minimum Gasteiger partial charge on any atom is -0.479 e. The maximum Gasteiger partial charge on any atom is 0.335 e. The molecule has 4 saturated heterocycles. The highest BCUT2D eigenvalue weighted by Gasteiger charge is 2.57. The first kappa shape index (κ1) is 45.9. The minimum absolute atomic E-state index is 0.136. The van der Waals surface area contributed by atoms with E-state index in [1.807, 2.05) is 0 Å². The van der Waals surface area contributed by atoms with Gasteiger partial charge < -0.3 is 104 Å².